The summed E-state index contributed by atoms with van der Waals surface area (Å²) in [4.78, 5) is 3.54. The van der Waals surface area contributed by atoms with Crippen LogP contribution in [-0.2, 0) is 6.54 Å². The molecular formula is C16H13FN2. The molecule has 0 saturated carbocycles. The molecule has 94 valence electrons. The molecule has 1 heterocycles. The van der Waals surface area contributed by atoms with Gasteiger partial charge in [-0.15, -0.1) is 0 Å². The van der Waals surface area contributed by atoms with E-state index in [-0.39, 0.29) is 0 Å². The van der Waals surface area contributed by atoms with Crippen molar-refractivity contribution >= 4 is 16.5 Å². The van der Waals surface area contributed by atoms with Crippen molar-refractivity contribution in [1.29, 1.82) is 0 Å². The number of hydrogen-bond donors (Lipinski definition) is 1. The van der Waals surface area contributed by atoms with Gasteiger partial charge >= 0.3 is 0 Å². The molecule has 0 unspecified atom stereocenters. The highest BCUT2D eigenvalue weighted by atomic mass is 19.1. The SMILES string of the molecule is Fc1cc(NCc2cccc3ccccc23)ccn1. The van der Waals surface area contributed by atoms with Gasteiger partial charge in [0.2, 0.25) is 5.95 Å². The predicted molar refractivity (Wildman–Crippen MR) is 75.5 cm³/mol. The van der Waals surface area contributed by atoms with E-state index in [1.165, 1.54) is 28.6 Å². The van der Waals surface area contributed by atoms with E-state index in [9.17, 15) is 4.39 Å². The van der Waals surface area contributed by atoms with E-state index in [1.54, 1.807) is 6.07 Å². The number of benzene rings is 2. The summed E-state index contributed by atoms with van der Waals surface area (Å²) in [5.74, 6) is -0.470. The van der Waals surface area contributed by atoms with Crippen LogP contribution in [0.3, 0.4) is 0 Å². The number of nitrogens with one attached hydrogen (secondary N) is 1. The van der Waals surface area contributed by atoms with Crippen LogP contribution in [0.4, 0.5) is 10.1 Å². The minimum Gasteiger partial charge on any atom is -0.381 e. The van der Waals surface area contributed by atoms with Gasteiger partial charge in [0.1, 0.15) is 0 Å². The quantitative estimate of drug-likeness (QED) is 0.713. The maximum atomic E-state index is 13.0. The zero-order valence-electron chi connectivity index (χ0n) is 10.3. The van der Waals surface area contributed by atoms with E-state index >= 15 is 0 Å². The second-order valence-electron chi connectivity index (χ2n) is 4.36. The first-order valence-electron chi connectivity index (χ1n) is 6.15. The maximum Gasteiger partial charge on any atom is 0.214 e. The van der Waals surface area contributed by atoms with Gasteiger partial charge in [0.25, 0.3) is 0 Å². The van der Waals surface area contributed by atoms with Gasteiger partial charge in [-0.3, -0.25) is 0 Å². The van der Waals surface area contributed by atoms with Crippen LogP contribution in [0, 0.1) is 5.95 Å². The van der Waals surface area contributed by atoms with Gasteiger partial charge in [-0.1, -0.05) is 42.5 Å². The molecule has 3 aromatic rings. The number of hydrogen-bond acceptors (Lipinski definition) is 2. The highest BCUT2D eigenvalue weighted by molar-refractivity contribution is 5.85. The van der Waals surface area contributed by atoms with Crippen molar-refractivity contribution in [3.8, 4) is 0 Å². The lowest BCUT2D eigenvalue weighted by molar-refractivity contribution is 0.584. The van der Waals surface area contributed by atoms with Crippen LogP contribution >= 0.6 is 0 Å². The van der Waals surface area contributed by atoms with Gasteiger partial charge in [-0.25, -0.2) is 4.98 Å². The third-order valence-corrected chi connectivity index (χ3v) is 3.09. The molecule has 0 bridgehead atoms. The molecule has 0 atom stereocenters. The normalized spacial score (nSPS) is 10.6. The van der Waals surface area contributed by atoms with Gasteiger partial charge in [0.15, 0.2) is 0 Å². The topological polar surface area (TPSA) is 24.9 Å². The molecule has 0 amide bonds. The lowest BCUT2D eigenvalue weighted by Gasteiger charge is -2.09. The second-order valence-corrected chi connectivity index (χ2v) is 4.36. The molecule has 0 spiro atoms. The van der Waals surface area contributed by atoms with Crippen LogP contribution in [0.5, 0.6) is 0 Å². The van der Waals surface area contributed by atoms with E-state index in [0.717, 1.165) is 5.69 Å². The molecule has 1 N–H and O–H groups in total. The molecular weight excluding hydrogens is 239 g/mol. The zero-order valence-corrected chi connectivity index (χ0v) is 10.3. The Morgan fingerprint density at radius 2 is 1.84 bits per heavy atom. The number of halogens is 1. The fourth-order valence-electron chi connectivity index (χ4n) is 2.16. The standard InChI is InChI=1S/C16H13FN2/c17-16-10-14(8-9-18-16)19-11-13-6-3-5-12-4-1-2-7-15(12)13/h1-10H,11H2,(H,18,19). The van der Waals surface area contributed by atoms with Crippen molar-refractivity contribution in [2.75, 3.05) is 5.32 Å². The minimum atomic E-state index is -0.470. The molecule has 3 rings (SSSR count). The van der Waals surface area contributed by atoms with Crippen LogP contribution < -0.4 is 5.32 Å². The van der Waals surface area contributed by atoms with Crippen molar-refractivity contribution in [2.24, 2.45) is 0 Å². The fourth-order valence-corrected chi connectivity index (χ4v) is 2.16. The first-order valence-corrected chi connectivity index (χ1v) is 6.15. The Morgan fingerprint density at radius 3 is 2.74 bits per heavy atom. The van der Waals surface area contributed by atoms with E-state index < -0.39 is 5.95 Å². The Morgan fingerprint density at radius 1 is 1.00 bits per heavy atom. The van der Waals surface area contributed by atoms with Crippen LogP contribution in [0.25, 0.3) is 10.8 Å². The Bertz CT molecular complexity index is 704. The Kier molecular flexibility index (Phi) is 3.11. The third kappa shape index (κ3) is 2.55. The van der Waals surface area contributed by atoms with E-state index in [2.05, 4.69) is 34.6 Å². The first kappa shape index (κ1) is 11.7. The van der Waals surface area contributed by atoms with Crippen LogP contribution in [0.2, 0.25) is 0 Å². The summed E-state index contributed by atoms with van der Waals surface area (Å²) >= 11 is 0. The average Bonchev–Trinajstić information content (AvgIpc) is 2.45. The highest BCUT2D eigenvalue weighted by Crippen LogP contribution is 2.19. The number of nitrogens with zero attached hydrogens (tertiary/aromatic N) is 1. The number of aromatic nitrogens is 1. The number of anilines is 1. The Hall–Kier alpha value is -2.42. The van der Waals surface area contributed by atoms with Crippen molar-refractivity contribution < 1.29 is 4.39 Å². The second kappa shape index (κ2) is 5.06. The van der Waals surface area contributed by atoms with Gasteiger partial charge in [-0.05, 0) is 22.4 Å². The Balaban J connectivity index is 1.86. The van der Waals surface area contributed by atoms with Crippen molar-refractivity contribution in [3.63, 3.8) is 0 Å². The lowest BCUT2D eigenvalue weighted by atomic mass is 10.0. The largest absolute Gasteiger partial charge is 0.381 e. The molecule has 2 nitrogen and oxygen atoms in total. The molecule has 0 aliphatic rings. The van der Waals surface area contributed by atoms with Gasteiger partial charge in [-0.2, -0.15) is 4.39 Å². The van der Waals surface area contributed by atoms with Crippen LogP contribution in [0.1, 0.15) is 5.56 Å². The highest BCUT2D eigenvalue weighted by Gasteiger charge is 2.01. The summed E-state index contributed by atoms with van der Waals surface area (Å²) in [5.41, 5.74) is 1.93. The molecule has 2 aromatic carbocycles. The zero-order chi connectivity index (χ0) is 13.1. The van der Waals surface area contributed by atoms with E-state index in [4.69, 9.17) is 0 Å². The molecule has 0 radical (unpaired) electrons. The molecule has 0 aliphatic carbocycles. The van der Waals surface area contributed by atoms with E-state index in [0.29, 0.717) is 6.54 Å². The molecule has 0 fully saturated rings. The summed E-state index contributed by atoms with van der Waals surface area (Å²) in [7, 11) is 0. The average molecular weight is 252 g/mol. The molecule has 19 heavy (non-hydrogen) atoms. The molecule has 0 saturated heterocycles. The van der Waals surface area contributed by atoms with Crippen LogP contribution in [-0.4, -0.2) is 4.98 Å². The lowest BCUT2D eigenvalue weighted by Crippen LogP contribution is -2.00. The molecule has 1 aromatic heterocycles. The first-order chi connectivity index (χ1) is 9.33. The summed E-state index contributed by atoms with van der Waals surface area (Å²) in [5, 5.41) is 5.64. The Labute approximate surface area is 110 Å². The summed E-state index contributed by atoms with van der Waals surface area (Å²) in [6, 6.07) is 17.6. The molecule has 0 aliphatic heterocycles. The number of rotatable bonds is 3. The number of fused-ring (bicyclic) bond motifs is 1. The van der Waals surface area contributed by atoms with Gasteiger partial charge < -0.3 is 5.32 Å². The van der Waals surface area contributed by atoms with Crippen molar-refractivity contribution in [2.45, 2.75) is 6.54 Å². The minimum absolute atomic E-state index is 0.470. The van der Waals surface area contributed by atoms with E-state index in [1.807, 2.05) is 18.2 Å². The third-order valence-electron chi connectivity index (χ3n) is 3.09. The van der Waals surface area contributed by atoms with Gasteiger partial charge in [0, 0.05) is 24.5 Å². The summed E-state index contributed by atoms with van der Waals surface area (Å²) < 4.78 is 13.0. The van der Waals surface area contributed by atoms with Crippen molar-refractivity contribution in [3.05, 3.63) is 72.3 Å². The van der Waals surface area contributed by atoms with Gasteiger partial charge in [0.05, 0.1) is 0 Å². The molecule has 3 heteroatoms. The number of pyridine rings is 1. The van der Waals surface area contributed by atoms with Crippen molar-refractivity contribution in [1.82, 2.24) is 4.98 Å². The monoisotopic (exact) mass is 252 g/mol. The summed E-state index contributed by atoms with van der Waals surface area (Å²) in [6.07, 6.45) is 1.46. The fraction of sp³-hybridized carbons (Fsp3) is 0.0625. The van der Waals surface area contributed by atoms with Crippen LogP contribution in [0.15, 0.2) is 60.8 Å². The predicted octanol–water partition coefficient (Wildman–Crippen LogP) is 3.99. The smallest absolute Gasteiger partial charge is 0.214 e. The summed E-state index contributed by atoms with van der Waals surface area (Å²) in [6.45, 7) is 0.658. The maximum absolute atomic E-state index is 13.0.